The monoisotopic (exact) mass is 258 g/mol. The molecule has 2 aromatic heterocycles. The molecular weight excluding hydrogens is 248 g/mol. The molecule has 0 atom stereocenters. The third-order valence-electron chi connectivity index (χ3n) is 2.29. The Morgan fingerprint density at radius 2 is 1.95 bits per heavy atom. The fourth-order valence-electron chi connectivity index (χ4n) is 1.44. The zero-order chi connectivity index (χ0) is 13.7. The molecule has 96 valence electrons. The van der Waals surface area contributed by atoms with Gasteiger partial charge in [0.1, 0.15) is 11.3 Å². The van der Waals surface area contributed by atoms with E-state index in [2.05, 4.69) is 15.2 Å². The number of phenolic OH excluding ortho intramolecular Hbond substituents is 1. The number of H-pyrrole nitrogens is 1. The molecule has 2 N–H and O–H groups in total. The van der Waals surface area contributed by atoms with Gasteiger partial charge in [-0.3, -0.25) is 4.98 Å². The number of rotatable bonds is 1. The Labute approximate surface area is 107 Å². The Balaban J connectivity index is 0.000000148. The van der Waals surface area contributed by atoms with E-state index in [9.17, 15) is 15.2 Å². The molecule has 2 heterocycles. The molecule has 1 aromatic carbocycles. The molecule has 0 radical (unpaired) electrons. The van der Waals surface area contributed by atoms with Crippen molar-refractivity contribution in [2.24, 2.45) is 0 Å². The second-order valence-corrected chi connectivity index (χ2v) is 3.55. The van der Waals surface area contributed by atoms with Gasteiger partial charge in [-0.25, -0.2) is 0 Å². The third-order valence-corrected chi connectivity index (χ3v) is 2.29. The maximum Gasteiger partial charge on any atom is 0.342 e. The van der Waals surface area contributed by atoms with Crippen molar-refractivity contribution in [1.29, 1.82) is 0 Å². The molecule has 19 heavy (non-hydrogen) atoms. The molecule has 0 spiro atoms. The van der Waals surface area contributed by atoms with Gasteiger partial charge in [0.2, 0.25) is 0 Å². The molecule has 0 aliphatic carbocycles. The van der Waals surface area contributed by atoms with E-state index in [0.717, 1.165) is 5.39 Å². The summed E-state index contributed by atoms with van der Waals surface area (Å²) in [4.78, 5) is 13.3. The van der Waals surface area contributed by atoms with Gasteiger partial charge in [0.05, 0.1) is 12.3 Å². The van der Waals surface area contributed by atoms with Crippen molar-refractivity contribution in [1.82, 2.24) is 15.2 Å². The van der Waals surface area contributed by atoms with Crippen LogP contribution < -0.4 is 0 Å². The van der Waals surface area contributed by atoms with Crippen LogP contribution in [-0.2, 0) is 0 Å². The number of nitro groups is 1. The predicted octanol–water partition coefficient (Wildman–Crippen LogP) is 2.26. The van der Waals surface area contributed by atoms with Gasteiger partial charge in [-0.15, -0.1) is 5.10 Å². The Hall–Kier alpha value is -2.96. The quantitative estimate of drug-likeness (QED) is 0.514. The number of phenols is 1. The number of hydrogen-bond donors (Lipinski definition) is 2. The van der Waals surface area contributed by atoms with Crippen LogP contribution in [0.4, 0.5) is 5.82 Å². The lowest BCUT2D eigenvalue weighted by Crippen LogP contribution is -1.86. The molecule has 0 saturated carbocycles. The van der Waals surface area contributed by atoms with Crippen molar-refractivity contribution in [3.05, 3.63) is 58.9 Å². The van der Waals surface area contributed by atoms with E-state index in [-0.39, 0.29) is 11.6 Å². The van der Waals surface area contributed by atoms with Crippen molar-refractivity contribution in [3.8, 4) is 5.75 Å². The number of pyridine rings is 1. The summed E-state index contributed by atoms with van der Waals surface area (Å²) in [5.41, 5.74) is 0.662. The van der Waals surface area contributed by atoms with Gasteiger partial charge in [-0.2, -0.15) is 0 Å². The molecule has 0 aliphatic heterocycles. The summed E-state index contributed by atoms with van der Waals surface area (Å²) < 4.78 is 0. The lowest BCUT2D eigenvalue weighted by molar-refractivity contribution is -0.389. The standard InChI is InChI=1S/C9H7NO.C3H3N3O2/c11-8-5-1-3-7-4-2-6-10-9(7)8;7-6(8)3-1-2-4-5-3/h1-6,11H;1-2H,(H,4,5). The molecular formula is C12H10N4O3. The van der Waals surface area contributed by atoms with Crippen LogP contribution in [-0.4, -0.2) is 25.2 Å². The summed E-state index contributed by atoms with van der Waals surface area (Å²) >= 11 is 0. The van der Waals surface area contributed by atoms with Gasteiger partial charge in [0.15, 0.2) is 0 Å². The lowest BCUT2D eigenvalue weighted by atomic mass is 10.2. The number of hydrogen-bond acceptors (Lipinski definition) is 5. The van der Waals surface area contributed by atoms with Crippen LogP contribution in [0.15, 0.2) is 48.8 Å². The maximum absolute atomic E-state index is 9.80. The normalized spacial score (nSPS) is 9.68. The van der Waals surface area contributed by atoms with Gasteiger partial charge in [0.25, 0.3) is 0 Å². The summed E-state index contributed by atoms with van der Waals surface area (Å²) in [7, 11) is 0. The smallest absolute Gasteiger partial charge is 0.342 e. The Morgan fingerprint density at radius 3 is 2.53 bits per heavy atom. The zero-order valence-corrected chi connectivity index (χ0v) is 9.72. The van der Waals surface area contributed by atoms with Crippen LogP contribution in [0, 0.1) is 10.1 Å². The molecule has 0 unspecified atom stereocenters. The number of nitrogens with one attached hydrogen (secondary N) is 1. The van der Waals surface area contributed by atoms with Gasteiger partial charge in [-0.05, 0) is 17.1 Å². The van der Waals surface area contributed by atoms with Crippen molar-refractivity contribution >= 4 is 16.7 Å². The van der Waals surface area contributed by atoms with E-state index in [0.29, 0.717) is 5.52 Å². The molecule has 0 saturated heterocycles. The van der Waals surface area contributed by atoms with Gasteiger partial charge < -0.3 is 15.2 Å². The largest absolute Gasteiger partial charge is 0.506 e. The predicted molar refractivity (Wildman–Crippen MR) is 68.6 cm³/mol. The van der Waals surface area contributed by atoms with E-state index in [1.165, 1.54) is 12.3 Å². The summed E-state index contributed by atoms with van der Waals surface area (Å²) in [5, 5.41) is 25.6. The molecule has 0 fully saturated rings. The minimum atomic E-state index is -0.535. The number of aromatic hydroxyl groups is 1. The first-order valence-electron chi connectivity index (χ1n) is 5.35. The first-order chi connectivity index (χ1) is 9.18. The molecule has 3 rings (SSSR count). The summed E-state index contributed by atoms with van der Waals surface area (Å²) in [6.07, 6.45) is 3.00. The van der Waals surface area contributed by atoms with E-state index in [4.69, 9.17) is 0 Å². The Kier molecular flexibility index (Phi) is 3.67. The average Bonchev–Trinajstić information content (AvgIpc) is 2.94. The Bertz CT molecular complexity index is 677. The molecule has 3 aromatic rings. The molecule has 7 nitrogen and oxygen atoms in total. The first kappa shape index (κ1) is 12.5. The van der Waals surface area contributed by atoms with Crippen LogP contribution in [0.25, 0.3) is 10.9 Å². The third kappa shape index (κ3) is 3.03. The highest BCUT2D eigenvalue weighted by molar-refractivity contribution is 5.83. The summed E-state index contributed by atoms with van der Waals surface area (Å²) in [5.74, 6) is 0.160. The zero-order valence-electron chi connectivity index (χ0n) is 9.72. The lowest BCUT2D eigenvalue weighted by Gasteiger charge is -1.96. The SMILES string of the molecule is O=[N+]([O-])c1ccn[nH]1.Oc1cccc2cccnc12. The van der Waals surface area contributed by atoms with Gasteiger partial charge in [0, 0.05) is 11.6 Å². The summed E-state index contributed by atoms with van der Waals surface area (Å²) in [6.45, 7) is 0. The van der Waals surface area contributed by atoms with E-state index < -0.39 is 4.92 Å². The van der Waals surface area contributed by atoms with Crippen LogP contribution in [0.1, 0.15) is 0 Å². The Morgan fingerprint density at radius 1 is 1.16 bits per heavy atom. The minimum absolute atomic E-state index is 0.0787. The highest BCUT2D eigenvalue weighted by Crippen LogP contribution is 2.20. The van der Waals surface area contributed by atoms with Gasteiger partial charge >= 0.3 is 5.82 Å². The second-order valence-electron chi connectivity index (χ2n) is 3.55. The average molecular weight is 258 g/mol. The van der Waals surface area contributed by atoms with E-state index in [1.54, 1.807) is 18.3 Å². The highest BCUT2D eigenvalue weighted by atomic mass is 16.6. The van der Waals surface area contributed by atoms with E-state index in [1.807, 2.05) is 18.2 Å². The fraction of sp³-hybridized carbons (Fsp3) is 0. The van der Waals surface area contributed by atoms with Crippen molar-refractivity contribution in [3.63, 3.8) is 0 Å². The maximum atomic E-state index is 9.80. The minimum Gasteiger partial charge on any atom is -0.506 e. The van der Waals surface area contributed by atoms with Crippen LogP contribution in [0.3, 0.4) is 0 Å². The number of fused-ring (bicyclic) bond motifs is 1. The molecule has 0 bridgehead atoms. The number of para-hydroxylation sites is 1. The molecule has 0 aliphatic rings. The van der Waals surface area contributed by atoms with Crippen LogP contribution in [0.2, 0.25) is 0 Å². The highest BCUT2D eigenvalue weighted by Gasteiger charge is 1.99. The van der Waals surface area contributed by atoms with E-state index >= 15 is 0 Å². The van der Waals surface area contributed by atoms with Crippen LogP contribution >= 0.6 is 0 Å². The summed E-state index contributed by atoms with van der Waals surface area (Å²) in [6, 6.07) is 10.4. The first-order valence-corrected chi connectivity index (χ1v) is 5.35. The van der Waals surface area contributed by atoms with Crippen molar-refractivity contribution in [2.75, 3.05) is 0 Å². The number of aromatic nitrogens is 3. The van der Waals surface area contributed by atoms with Crippen molar-refractivity contribution in [2.45, 2.75) is 0 Å². The second kappa shape index (κ2) is 5.58. The molecule has 7 heteroatoms. The topological polar surface area (TPSA) is 105 Å². The number of nitrogens with zero attached hydrogens (tertiary/aromatic N) is 3. The fourth-order valence-corrected chi connectivity index (χ4v) is 1.44. The van der Waals surface area contributed by atoms with Crippen molar-refractivity contribution < 1.29 is 10.0 Å². The molecule has 0 amide bonds. The number of benzene rings is 1. The van der Waals surface area contributed by atoms with Gasteiger partial charge in [-0.1, -0.05) is 23.3 Å². The van der Waals surface area contributed by atoms with Crippen LogP contribution in [0.5, 0.6) is 5.75 Å². The number of aromatic amines is 1.